The van der Waals surface area contributed by atoms with Crippen LogP contribution in [0.1, 0.15) is 18.9 Å². The Kier molecular flexibility index (Phi) is 3.92. The predicted octanol–water partition coefficient (Wildman–Crippen LogP) is 2.99. The van der Waals surface area contributed by atoms with E-state index < -0.39 is 24.0 Å². The maximum Gasteiger partial charge on any atom is 0.408 e. The van der Waals surface area contributed by atoms with Gasteiger partial charge < -0.3 is 9.64 Å². The molecular formula is C14H16F3NO2. The van der Waals surface area contributed by atoms with Crippen LogP contribution in [0.3, 0.4) is 0 Å². The first kappa shape index (κ1) is 14.7. The number of rotatable bonds is 3. The zero-order valence-electron chi connectivity index (χ0n) is 11.3. The summed E-state index contributed by atoms with van der Waals surface area (Å²) < 4.78 is 44.0. The van der Waals surface area contributed by atoms with Crippen molar-refractivity contribution in [2.24, 2.45) is 5.92 Å². The number of carbonyl (C=O) groups is 1. The van der Waals surface area contributed by atoms with Crippen LogP contribution in [0.5, 0.6) is 5.75 Å². The molecule has 2 rings (SSSR count). The van der Waals surface area contributed by atoms with Crippen molar-refractivity contribution in [1.82, 2.24) is 4.90 Å². The summed E-state index contributed by atoms with van der Waals surface area (Å²) in [4.78, 5) is 12.8. The molecule has 0 aromatic heterocycles. The van der Waals surface area contributed by atoms with Gasteiger partial charge in [-0.15, -0.1) is 0 Å². The standard InChI is InChI=1S/C14H16F3NO2/c1-9-6-12(14(15,16)17)18(13(9)19)8-10-4-3-5-11(7-10)20-2/h3-5,7,9,12H,6,8H2,1-2H3/t9?,12-/m1/s1. The number of nitrogens with zero attached hydrogens (tertiary/aromatic N) is 1. The summed E-state index contributed by atoms with van der Waals surface area (Å²) in [5.74, 6) is -0.479. The van der Waals surface area contributed by atoms with Gasteiger partial charge in [-0.05, 0) is 24.1 Å². The van der Waals surface area contributed by atoms with Crippen LogP contribution in [0, 0.1) is 5.92 Å². The summed E-state index contributed by atoms with van der Waals surface area (Å²) in [6.45, 7) is 1.48. The Bertz CT molecular complexity index is 501. The second-order valence-corrected chi connectivity index (χ2v) is 5.01. The van der Waals surface area contributed by atoms with E-state index in [2.05, 4.69) is 0 Å². The van der Waals surface area contributed by atoms with Crippen molar-refractivity contribution in [2.45, 2.75) is 32.1 Å². The van der Waals surface area contributed by atoms with Crippen LogP contribution in [-0.2, 0) is 11.3 Å². The highest BCUT2D eigenvalue weighted by Crippen LogP contribution is 2.37. The Morgan fingerprint density at radius 2 is 2.10 bits per heavy atom. The molecule has 110 valence electrons. The molecule has 1 saturated heterocycles. The number of amides is 1. The highest BCUT2D eigenvalue weighted by molar-refractivity contribution is 5.81. The molecule has 0 spiro atoms. The molecule has 20 heavy (non-hydrogen) atoms. The van der Waals surface area contributed by atoms with Crippen molar-refractivity contribution in [3.63, 3.8) is 0 Å². The van der Waals surface area contributed by atoms with E-state index in [1.54, 1.807) is 24.3 Å². The first-order valence-corrected chi connectivity index (χ1v) is 6.33. The summed E-state index contributed by atoms with van der Waals surface area (Å²) in [6.07, 6.45) is -4.56. The van der Waals surface area contributed by atoms with Crippen molar-refractivity contribution in [3.05, 3.63) is 29.8 Å². The second kappa shape index (κ2) is 5.34. The summed E-state index contributed by atoms with van der Waals surface area (Å²) >= 11 is 0. The van der Waals surface area contributed by atoms with Gasteiger partial charge in [-0.3, -0.25) is 4.79 Å². The Morgan fingerprint density at radius 3 is 2.70 bits per heavy atom. The minimum absolute atomic E-state index is 0.0510. The smallest absolute Gasteiger partial charge is 0.408 e. The van der Waals surface area contributed by atoms with E-state index in [9.17, 15) is 18.0 Å². The van der Waals surface area contributed by atoms with Gasteiger partial charge in [0.15, 0.2) is 0 Å². The number of halogens is 3. The fourth-order valence-corrected chi connectivity index (χ4v) is 2.47. The van der Waals surface area contributed by atoms with E-state index in [4.69, 9.17) is 4.74 Å². The molecule has 0 saturated carbocycles. The molecule has 2 atom stereocenters. The number of benzene rings is 1. The molecular weight excluding hydrogens is 271 g/mol. The van der Waals surface area contributed by atoms with Gasteiger partial charge in [0.05, 0.1) is 7.11 Å². The molecule has 1 fully saturated rings. The molecule has 6 heteroatoms. The van der Waals surface area contributed by atoms with E-state index in [-0.39, 0.29) is 13.0 Å². The molecule has 3 nitrogen and oxygen atoms in total. The Hall–Kier alpha value is -1.72. The molecule has 1 aromatic rings. The Morgan fingerprint density at radius 1 is 1.40 bits per heavy atom. The summed E-state index contributed by atoms with van der Waals surface area (Å²) in [5, 5.41) is 0. The van der Waals surface area contributed by atoms with Crippen LogP contribution in [0.2, 0.25) is 0 Å². The van der Waals surface area contributed by atoms with Crippen molar-refractivity contribution < 1.29 is 22.7 Å². The lowest BCUT2D eigenvalue weighted by atomic mass is 10.1. The molecule has 1 unspecified atom stereocenters. The number of carbonyl (C=O) groups excluding carboxylic acids is 1. The van der Waals surface area contributed by atoms with Gasteiger partial charge in [-0.25, -0.2) is 0 Å². The van der Waals surface area contributed by atoms with Gasteiger partial charge in [0.2, 0.25) is 5.91 Å². The minimum Gasteiger partial charge on any atom is -0.497 e. The Labute approximate surface area is 115 Å². The fraction of sp³-hybridized carbons (Fsp3) is 0.500. The third-order valence-corrected chi connectivity index (χ3v) is 3.52. The molecule has 1 aliphatic rings. The number of methoxy groups -OCH3 is 1. The largest absolute Gasteiger partial charge is 0.497 e. The monoisotopic (exact) mass is 287 g/mol. The number of alkyl halides is 3. The van der Waals surface area contributed by atoms with E-state index in [1.165, 1.54) is 14.0 Å². The summed E-state index contributed by atoms with van der Waals surface area (Å²) in [5.41, 5.74) is 0.626. The van der Waals surface area contributed by atoms with E-state index in [1.807, 2.05) is 0 Å². The molecule has 0 N–H and O–H groups in total. The van der Waals surface area contributed by atoms with Crippen LogP contribution in [0.4, 0.5) is 13.2 Å². The third kappa shape index (κ3) is 2.89. The molecule has 1 amide bonds. The van der Waals surface area contributed by atoms with Gasteiger partial charge in [0, 0.05) is 12.5 Å². The van der Waals surface area contributed by atoms with Crippen LogP contribution in [0.15, 0.2) is 24.3 Å². The van der Waals surface area contributed by atoms with Crippen molar-refractivity contribution >= 4 is 5.91 Å². The maximum atomic E-state index is 13.0. The van der Waals surface area contributed by atoms with E-state index in [0.29, 0.717) is 11.3 Å². The average molecular weight is 287 g/mol. The third-order valence-electron chi connectivity index (χ3n) is 3.52. The van der Waals surface area contributed by atoms with Gasteiger partial charge in [-0.2, -0.15) is 13.2 Å². The fourth-order valence-electron chi connectivity index (χ4n) is 2.47. The normalized spacial score (nSPS) is 23.2. The van der Waals surface area contributed by atoms with Gasteiger partial charge >= 0.3 is 6.18 Å². The maximum absolute atomic E-state index is 13.0. The van der Waals surface area contributed by atoms with Gasteiger partial charge in [0.1, 0.15) is 11.8 Å². The van der Waals surface area contributed by atoms with Crippen LogP contribution >= 0.6 is 0 Å². The van der Waals surface area contributed by atoms with Gasteiger partial charge in [0.25, 0.3) is 0 Å². The number of hydrogen-bond donors (Lipinski definition) is 0. The molecule has 1 heterocycles. The van der Waals surface area contributed by atoms with Crippen LogP contribution in [0.25, 0.3) is 0 Å². The van der Waals surface area contributed by atoms with Crippen LogP contribution < -0.4 is 4.74 Å². The quantitative estimate of drug-likeness (QED) is 0.855. The molecule has 0 bridgehead atoms. The molecule has 0 aliphatic carbocycles. The lowest BCUT2D eigenvalue weighted by Gasteiger charge is -2.26. The molecule has 1 aliphatic heterocycles. The first-order chi connectivity index (χ1) is 9.32. The second-order valence-electron chi connectivity index (χ2n) is 5.01. The number of hydrogen-bond acceptors (Lipinski definition) is 2. The minimum atomic E-state index is -4.39. The van der Waals surface area contributed by atoms with Crippen molar-refractivity contribution in [2.75, 3.05) is 7.11 Å². The highest BCUT2D eigenvalue weighted by atomic mass is 19.4. The summed E-state index contributed by atoms with van der Waals surface area (Å²) in [7, 11) is 1.49. The number of likely N-dealkylation sites (tertiary alicyclic amines) is 1. The van der Waals surface area contributed by atoms with Gasteiger partial charge in [-0.1, -0.05) is 19.1 Å². The predicted molar refractivity (Wildman–Crippen MR) is 67.2 cm³/mol. The first-order valence-electron chi connectivity index (χ1n) is 6.33. The van der Waals surface area contributed by atoms with Crippen LogP contribution in [-0.4, -0.2) is 30.1 Å². The van der Waals surface area contributed by atoms with Crippen molar-refractivity contribution in [1.29, 1.82) is 0 Å². The van der Waals surface area contributed by atoms with Crippen molar-refractivity contribution in [3.8, 4) is 5.75 Å². The SMILES string of the molecule is COc1cccc(CN2C(=O)C(C)C[C@@H]2C(F)(F)F)c1. The van der Waals surface area contributed by atoms with E-state index in [0.717, 1.165) is 4.90 Å². The lowest BCUT2D eigenvalue weighted by Crippen LogP contribution is -2.42. The van der Waals surface area contributed by atoms with E-state index >= 15 is 0 Å². The number of ether oxygens (including phenoxy) is 1. The Balaban J connectivity index is 2.22. The molecule has 0 radical (unpaired) electrons. The zero-order valence-corrected chi connectivity index (χ0v) is 11.3. The molecule has 1 aromatic carbocycles. The lowest BCUT2D eigenvalue weighted by molar-refractivity contribution is -0.181. The topological polar surface area (TPSA) is 29.5 Å². The summed E-state index contributed by atoms with van der Waals surface area (Å²) in [6, 6.07) is 5.03. The average Bonchev–Trinajstić information content (AvgIpc) is 2.67. The zero-order chi connectivity index (χ0) is 14.9. The highest BCUT2D eigenvalue weighted by Gasteiger charge is 2.51.